The summed E-state index contributed by atoms with van der Waals surface area (Å²) in [6.45, 7) is 1.17. The van der Waals surface area contributed by atoms with E-state index >= 15 is 0 Å². The van der Waals surface area contributed by atoms with Gasteiger partial charge in [-0.15, -0.1) is 0 Å². The number of pyridine rings is 1. The maximum atomic E-state index is 12.2. The lowest BCUT2D eigenvalue weighted by atomic mass is 10.2. The van der Waals surface area contributed by atoms with Crippen molar-refractivity contribution >= 4 is 16.9 Å². The van der Waals surface area contributed by atoms with Gasteiger partial charge in [0.05, 0.1) is 10.9 Å². The highest BCUT2D eigenvalue weighted by molar-refractivity contribution is 5.96. The van der Waals surface area contributed by atoms with Crippen molar-refractivity contribution in [1.29, 1.82) is 0 Å². The van der Waals surface area contributed by atoms with E-state index in [4.69, 9.17) is 0 Å². The van der Waals surface area contributed by atoms with Gasteiger partial charge in [0.15, 0.2) is 0 Å². The number of nitrogens with one attached hydrogen (secondary N) is 1. The number of carbonyl (C=O) groups is 1. The molecule has 0 bridgehead atoms. The van der Waals surface area contributed by atoms with Gasteiger partial charge in [0.2, 0.25) is 0 Å². The minimum Gasteiger partial charge on any atom is -0.352 e. The van der Waals surface area contributed by atoms with Gasteiger partial charge in [0, 0.05) is 45.8 Å². The highest BCUT2D eigenvalue weighted by Crippen LogP contribution is 2.07. The lowest BCUT2D eigenvalue weighted by Gasteiger charge is -2.09. The van der Waals surface area contributed by atoms with Gasteiger partial charge in [-0.2, -0.15) is 5.10 Å². The fourth-order valence-electron chi connectivity index (χ4n) is 2.57. The molecule has 3 aromatic rings. The predicted octanol–water partition coefficient (Wildman–Crippen LogP) is -0.351. The quantitative estimate of drug-likeness (QED) is 0.638. The average molecular weight is 342 g/mol. The molecule has 1 amide bonds. The minimum atomic E-state index is -0.473. The van der Waals surface area contributed by atoms with Crippen LogP contribution in [0.5, 0.6) is 0 Å². The third kappa shape index (κ3) is 3.21. The van der Waals surface area contributed by atoms with Crippen LogP contribution in [0.1, 0.15) is 16.8 Å². The van der Waals surface area contributed by atoms with E-state index in [2.05, 4.69) is 15.4 Å². The number of nitrogens with zero attached hydrogens (tertiary/aromatic N) is 5. The zero-order valence-electron chi connectivity index (χ0n) is 14.0. The molecule has 3 heterocycles. The smallest absolute Gasteiger partial charge is 0.332 e. The lowest BCUT2D eigenvalue weighted by molar-refractivity contribution is 0.0952. The van der Waals surface area contributed by atoms with Crippen LogP contribution in [-0.4, -0.2) is 36.4 Å². The Morgan fingerprint density at radius 1 is 1.24 bits per heavy atom. The zero-order chi connectivity index (χ0) is 18.0. The largest absolute Gasteiger partial charge is 0.352 e. The average Bonchev–Trinajstić information content (AvgIpc) is 3.14. The van der Waals surface area contributed by atoms with E-state index in [0.29, 0.717) is 13.1 Å². The van der Waals surface area contributed by atoms with Crippen LogP contribution in [-0.2, 0) is 20.6 Å². The van der Waals surface area contributed by atoms with Gasteiger partial charge in [-0.3, -0.25) is 23.4 Å². The fourth-order valence-corrected chi connectivity index (χ4v) is 2.57. The number of amides is 1. The first-order valence-electron chi connectivity index (χ1n) is 7.80. The van der Waals surface area contributed by atoms with Gasteiger partial charge < -0.3 is 5.32 Å². The molecule has 25 heavy (non-hydrogen) atoms. The molecule has 0 unspecified atom stereocenters. The summed E-state index contributed by atoms with van der Waals surface area (Å²) in [6, 6.07) is 3.31. The second kappa shape index (κ2) is 6.71. The van der Waals surface area contributed by atoms with Gasteiger partial charge in [-0.25, -0.2) is 9.78 Å². The number of hydrogen-bond acceptors (Lipinski definition) is 5. The number of aromatic nitrogens is 5. The molecule has 0 saturated heterocycles. The van der Waals surface area contributed by atoms with Crippen LogP contribution in [0.15, 0.2) is 40.3 Å². The molecule has 3 rings (SSSR count). The van der Waals surface area contributed by atoms with E-state index in [9.17, 15) is 14.4 Å². The van der Waals surface area contributed by atoms with Crippen molar-refractivity contribution in [3.63, 3.8) is 0 Å². The van der Waals surface area contributed by atoms with Crippen LogP contribution in [0.2, 0.25) is 0 Å². The molecule has 9 heteroatoms. The molecule has 0 radical (unpaired) electrons. The van der Waals surface area contributed by atoms with Crippen LogP contribution in [0.4, 0.5) is 0 Å². The van der Waals surface area contributed by atoms with E-state index in [0.717, 1.165) is 11.0 Å². The summed E-state index contributed by atoms with van der Waals surface area (Å²) >= 11 is 0. The number of hydrogen-bond donors (Lipinski definition) is 1. The number of fused-ring (bicyclic) bond motifs is 1. The Morgan fingerprint density at radius 2 is 2.04 bits per heavy atom. The molecule has 0 atom stereocenters. The van der Waals surface area contributed by atoms with E-state index < -0.39 is 11.2 Å². The van der Waals surface area contributed by atoms with Gasteiger partial charge in [-0.1, -0.05) is 0 Å². The highest BCUT2D eigenvalue weighted by atomic mass is 16.2. The number of rotatable bonds is 5. The van der Waals surface area contributed by atoms with Crippen molar-refractivity contribution in [2.45, 2.75) is 13.0 Å². The molecule has 0 saturated carbocycles. The SMILES string of the molecule is Cn1c(=O)c2cc(C(=O)NCCCn3cccn3)cnc2n(C)c1=O. The van der Waals surface area contributed by atoms with E-state index in [1.54, 1.807) is 10.9 Å². The monoisotopic (exact) mass is 342 g/mol. The molecule has 9 nitrogen and oxygen atoms in total. The number of carbonyl (C=O) groups excluding carboxylic acids is 1. The Bertz CT molecular complexity index is 1030. The molecule has 3 aromatic heterocycles. The van der Waals surface area contributed by atoms with Gasteiger partial charge in [0.1, 0.15) is 5.65 Å². The van der Waals surface area contributed by atoms with Crippen molar-refractivity contribution in [1.82, 2.24) is 29.2 Å². The van der Waals surface area contributed by atoms with Crippen LogP contribution in [0.3, 0.4) is 0 Å². The third-order valence-corrected chi connectivity index (χ3v) is 3.96. The summed E-state index contributed by atoms with van der Waals surface area (Å²) in [5, 5.41) is 7.11. The van der Waals surface area contributed by atoms with Gasteiger partial charge >= 0.3 is 5.69 Å². The van der Waals surface area contributed by atoms with Crippen LogP contribution >= 0.6 is 0 Å². The normalized spacial score (nSPS) is 11.0. The Kier molecular flexibility index (Phi) is 4.46. The molecule has 0 aromatic carbocycles. The Morgan fingerprint density at radius 3 is 2.76 bits per heavy atom. The van der Waals surface area contributed by atoms with Gasteiger partial charge in [-0.05, 0) is 18.6 Å². The van der Waals surface area contributed by atoms with Crippen LogP contribution in [0, 0.1) is 0 Å². The fraction of sp³-hybridized carbons (Fsp3) is 0.312. The van der Waals surface area contributed by atoms with Crippen molar-refractivity contribution in [2.75, 3.05) is 6.54 Å². The maximum Gasteiger partial charge on any atom is 0.332 e. The minimum absolute atomic E-state index is 0.230. The van der Waals surface area contributed by atoms with Crippen molar-refractivity contribution < 1.29 is 4.79 Å². The van der Waals surface area contributed by atoms with E-state index in [-0.39, 0.29) is 22.5 Å². The van der Waals surface area contributed by atoms with E-state index in [1.807, 2.05) is 12.3 Å². The molecular formula is C16H18N6O3. The molecular weight excluding hydrogens is 324 g/mol. The van der Waals surface area contributed by atoms with Crippen LogP contribution in [0.25, 0.3) is 11.0 Å². The zero-order valence-corrected chi connectivity index (χ0v) is 14.0. The summed E-state index contributed by atoms with van der Waals surface area (Å²) in [5.41, 5.74) is -0.398. The second-order valence-electron chi connectivity index (χ2n) is 5.68. The topological polar surface area (TPSA) is 104 Å². The van der Waals surface area contributed by atoms with Crippen LogP contribution < -0.4 is 16.6 Å². The summed E-state index contributed by atoms with van der Waals surface area (Å²) in [7, 11) is 2.93. The third-order valence-electron chi connectivity index (χ3n) is 3.96. The lowest BCUT2D eigenvalue weighted by Crippen LogP contribution is -2.37. The highest BCUT2D eigenvalue weighted by Gasteiger charge is 2.13. The first kappa shape index (κ1) is 16.6. The Balaban J connectivity index is 1.76. The summed E-state index contributed by atoms with van der Waals surface area (Å²) in [5.74, 6) is -0.314. The maximum absolute atomic E-state index is 12.2. The van der Waals surface area contributed by atoms with Gasteiger partial charge in [0.25, 0.3) is 11.5 Å². The molecule has 0 fully saturated rings. The Labute approximate surface area is 142 Å². The van der Waals surface area contributed by atoms with Crippen molar-refractivity contribution in [2.24, 2.45) is 14.1 Å². The van der Waals surface area contributed by atoms with Crippen molar-refractivity contribution in [3.8, 4) is 0 Å². The molecule has 0 aliphatic heterocycles. The molecule has 130 valence electrons. The standard InChI is InChI=1S/C16H18N6O3/c1-20-13-12(15(24)21(2)16(20)25)9-11(10-18-13)14(23)17-5-3-7-22-8-4-6-19-22/h4,6,8-10H,3,5,7H2,1-2H3,(H,17,23). The van der Waals surface area contributed by atoms with E-state index in [1.165, 1.54) is 30.9 Å². The van der Waals surface area contributed by atoms with Crippen molar-refractivity contribution in [3.05, 3.63) is 57.1 Å². The summed E-state index contributed by atoms with van der Waals surface area (Å²) in [4.78, 5) is 40.5. The molecule has 1 N–H and O–H groups in total. The molecule has 0 aliphatic rings. The summed E-state index contributed by atoms with van der Waals surface area (Å²) < 4.78 is 4.06. The Hall–Kier alpha value is -3.23. The first-order valence-corrected chi connectivity index (χ1v) is 7.80. The first-order chi connectivity index (χ1) is 12.0. The predicted molar refractivity (Wildman–Crippen MR) is 91.4 cm³/mol. The molecule has 0 spiro atoms. The summed E-state index contributed by atoms with van der Waals surface area (Å²) in [6.07, 6.45) is 5.65. The second-order valence-corrected chi connectivity index (χ2v) is 5.68. The number of aryl methyl sites for hydroxylation is 2. The molecule has 0 aliphatic carbocycles.